The lowest BCUT2D eigenvalue weighted by Crippen LogP contribution is -2.30. The highest BCUT2D eigenvalue weighted by atomic mass is 32.2. The van der Waals surface area contributed by atoms with Crippen molar-refractivity contribution in [1.82, 2.24) is 29.1 Å². The Kier molecular flexibility index (Phi) is 11.5. The van der Waals surface area contributed by atoms with Gasteiger partial charge in [0.25, 0.3) is 0 Å². The van der Waals surface area contributed by atoms with Crippen molar-refractivity contribution in [3.05, 3.63) is 35.2 Å². The van der Waals surface area contributed by atoms with Gasteiger partial charge in [0, 0.05) is 5.75 Å². The zero-order valence-corrected chi connectivity index (χ0v) is 25.6. The Hall–Kier alpha value is -3.39. The van der Waals surface area contributed by atoms with Crippen LogP contribution in [0.1, 0.15) is 27.0 Å². The van der Waals surface area contributed by atoms with Gasteiger partial charge in [-0.1, -0.05) is 0 Å². The SMILES string of the molecule is CC(C)OC(=O)OCOP(=O)(O)CO[C@H](C)Cn1cnc2c(NCNc3nc(=O)n([C@@H]4CS[C@H](CO)O4)cc3F)ncnc21. The standard InChI is InChI=1S/C23H32FN8O10PS/c1-13(2)41-23(35)38-11-40-43(36,37)12-39-14(3)4-31-10-29-18-20(27-9-28-21(18)31)26-8-25-19-15(24)5-32(22(34)30-19)16-7-44-17(6-33)42-16/h5,9-10,13-14,16-17,33H,4,6-8,11-12H2,1-3H3,(H,36,37)(H,25,30,34)(H,26,27,28)/t14-,16+,17-/m1/s1. The summed E-state index contributed by atoms with van der Waals surface area (Å²) in [7, 11) is -4.23. The van der Waals surface area contributed by atoms with Crippen molar-refractivity contribution in [2.45, 2.75) is 51.2 Å². The number of nitrogens with one attached hydrogen (secondary N) is 2. The average Bonchev–Trinajstić information content (AvgIpc) is 3.61. The van der Waals surface area contributed by atoms with Crippen molar-refractivity contribution in [3.63, 3.8) is 0 Å². The molecule has 44 heavy (non-hydrogen) atoms. The molecular formula is C23H32FN8O10PS. The molecule has 0 aromatic carbocycles. The number of fused-ring (bicyclic) bond motifs is 1. The van der Waals surface area contributed by atoms with Gasteiger partial charge >= 0.3 is 19.4 Å². The van der Waals surface area contributed by atoms with E-state index in [2.05, 4.69) is 35.3 Å². The van der Waals surface area contributed by atoms with Gasteiger partial charge in [0.05, 0.1) is 44.6 Å². The second-order valence-corrected chi connectivity index (χ2v) is 12.5. The van der Waals surface area contributed by atoms with Crippen molar-refractivity contribution in [3.8, 4) is 0 Å². The zero-order chi connectivity index (χ0) is 31.9. The average molecular weight is 663 g/mol. The summed E-state index contributed by atoms with van der Waals surface area (Å²) in [6, 6.07) is 0. The first kappa shape index (κ1) is 33.5. The van der Waals surface area contributed by atoms with E-state index in [0.29, 0.717) is 22.7 Å². The molecule has 1 unspecified atom stereocenters. The van der Waals surface area contributed by atoms with Crippen LogP contribution in [0.2, 0.25) is 0 Å². The summed E-state index contributed by atoms with van der Waals surface area (Å²) in [5, 5.41) is 14.8. The molecule has 0 radical (unpaired) electrons. The molecule has 18 nitrogen and oxygen atoms in total. The number of anilines is 2. The summed E-state index contributed by atoms with van der Waals surface area (Å²) in [5.41, 5.74) is -0.418. The number of aliphatic hydroxyl groups excluding tert-OH is 1. The summed E-state index contributed by atoms with van der Waals surface area (Å²) >= 11 is 1.31. The molecule has 3 aromatic heterocycles. The molecule has 21 heteroatoms. The third kappa shape index (κ3) is 9.07. The maximum absolute atomic E-state index is 14.7. The van der Waals surface area contributed by atoms with Gasteiger partial charge in [-0.15, -0.1) is 11.8 Å². The van der Waals surface area contributed by atoms with E-state index in [-0.39, 0.29) is 25.6 Å². The van der Waals surface area contributed by atoms with E-state index in [1.54, 1.807) is 25.3 Å². The van der Waals surface area contributed by atoms with Gasteiger partial charge in [0.15, 0.2) is 23.1 Å². The molecule has 4 heterocycles. The van der Waals surface area contributed by atoms with Crippen LogP contribution in [0.15, 0.2) is 23.6 Å². The van der Waals surface area contributed by atoms with Crippen LogP contribution in [0.3, 0.4) is 0 Å². The first-order chi connectivity index (χ1) is 21.0. The topological polar surface area (TPSA) is 223 Å². The fraction of sp³-hybridized carbons (Fsp3) is 0.565. The number of carbonyl (C=O) groups excluding carboxylic acids is 1. The Balaban J connectivity index is 1.29. The van der Waals surface area contributed by atoms with Crippen LogP contribution in [-0.2, 0) is 34.6 Å². The van der Waals surface area contributed by atoms with E-state index >= 15 is 0 Å². The molecule has 3 aromatic rings. The normalized spacial score (nSPS) is 18.7. The van der Waals surface area contributed by atoms with Crippen LogP contribution in [0.25, 0.3) is 11.2 Å². The van der Waals surface area contributed by atoms with Crippen LogP contribution in [-0.4, -0.2) is 95.0 Å². The summed E-state index contributed by atoms with van der Waals surface area (Å²) in [4.78, 5) is 50.2. The lowest BCUT2D eigenvalue weighted by Gasteiger charge is -2.17. The van der Waals surface area contributed by atoms with Crippen LogP contribution < -0.4 is 16.3 Å². The number of nitrogens with zero attached hydrogens (tertiary/aromatic N) is 6. The Morgan fingerprint density at radius 3 is 2.77 bits per heavy atom. The third-order valence-corrected chi connectivity index (χ3v) is 7.85. The van der Waals surface area contributed by atoms with E-state index in [9.17, 15) is 28.5 Å². The number of carbonyl (C=O) groups is 1. The smallest absolute Gasteiger partial charge is 0.432 e. The summed E-state index contributed by atoms with van der Waals surface area (Å²) in [5.74, 6) is -0.389. The Morgan fingerprint density at radius 1 is 1.27 bits per heavy atom. The Morgan fingerprint density at radius 2 is 2.05 bits per heavy atom. The summed E-state index contributed by atoms with van der Waals surface area (Å²) < 4.78 is 54.5. The second kappa shape index (κ2) is 15.1. The molecule has 0 amide bonds. The van der Waals surface area contributed by atoms with Crippen molar-refractivity contribution < 1.29 is 47.2 Å². The van der Waals surface area contributed by atoms with Gasteiger partial charge in [0.1, 0.15) is 29.9 Å². The molecule has 1 saturated heterocycles. The molecule has 242 valence electrons. The van der Waals surface area contributed by atoms with Crippen LogP contribution >= 0.6 is 19.4 Å². The molecule has 0 spiro atoms. The van der Waals surface area contributed by atoms with E-state index in [0.717, 1.165) is 10.8 Å². The predicted octanol–water partition coefficient (Wildman–Crippen LogP) is 1.67. The van der Waals surface area contributed by atoms with Crippen molar-refractivity contribution in [1.29, 1.82) is 0 Å². The largest absolute Gasteiger partial charge is 0.510 e. The molecule has 1 aliphatic heterocycles. The van der Waals surface area contributed by atoms with Crippen LogP contribution in [0.4, 0.5) is 20.8 Å². The van der Waals surface area contributed by atoms with Crippen molar-refractivity contribution in [2.24, 2.45) is 0 Å². The maximum atomic E-state index is 14.7. The first-order valence-corrected chi connectivity index (χ1v) is 16.0. The number of aliphatic hydroxyl groups is 1. The lowest BCUT2D eigenvalue weighted by atomic mass is 10.4. The molecule has 0 saturated carbocycles. The number of aromatic nitrogens is 6. The second-order valence-electron chi connectivity index (χ2n) is 9.54. The fourth-order valence-electron chi connectivity index (χ4n) is 3.79. The molecule has 1 fully saturated rings. The summed E-state index contributed by atoms with van der Waals surface area (Å²) in [6.07, 6.45) is 0.318. The molecule has 0 bridgehead atoms. The number of rotatable bonds is 15. The third-order valence-electron chi connectivity index (χ3n) is 5.75. The first-order valence-electron chi connectivity index (χ1n) is 13.2. The highest BCUT2D eigenvalue weighted by molar-refractivity contribution is 8.00. The van der Waals surface area contributed by atoms with Gasteiger partial charge in [-0.3, -0.25) is 13.7 Å². The maximum Gasteiger partial charge on any atom is 0.510 e. The minimum absolute atomic E-state index is 0.0705. The Labute approximate surface area is 253 Å². The van der Waals surface area contributed by atoms with Crippen molar-refractivity contribution >= 4 is 48.3 Å². The minimum atomic E-state index is -4.23. The number of hydrogen-bond acceptors (Lipinski definition) is 16. The summed E-state index contributed by atoms with van der Waals surface area (Å²) in [6.45, 7) is 4.01. The monoisotopic (exact) mass is 662 g/mol. The lowest BCUT2D eigenvalue weighted by molar-refractivity contribution is -0.0152. The van der Waals surface area contributed by atoms with E-state index < -0.39 is 62.3 Å². The quantitative estimate of drug-likeness (QED) is 0.103. The van der Waals surface area contributed by atoms with Gasteiger partial charge in [-0.05, 0) is 20.8 Å². The minimum Gasteiger partial charge on any atom is -0.432 e. The van der Waals surface area contributed by atoms with E-state index in [1.165, 1.54) is 24.4 Å². The Bertz CT molecular complexity index is 1540. The number of hydrogen-bond donors (Lipinski definition) is 4. The molecule has 4 rings (SSSR count). The van der Waals surface area contributed by atoms with Gasteiger partial charge < -0.3 is 44.1 Å². The highest BCUT2D eigenvalue weighted by Crippen LogP contribution is 2.42. The highest BCUT2D eigenvalue weighted by Gasteiger charge is 2.28. The molecular weight excluding hydrogens is 630 g/mol. The zero-order valence-electron chi connectivity index (χ0n) is 23.9. The number of ether oxygens (including phenoxy) is 4. The van der Waals surface area contributed by atoms with Crippen LogP contribution in [0, 0.1) is 5.82 Å². The molecule has 1 aliphatic rings. The molecule has 0 aliphatic carbocycles. The van der Waals surface area contributed by atoms with Crippen molar-refractivity contribution in [2.75, 3.05) is 42.8 Å². The fourth-order valence-corrected chi connectivity index (χ4v) is 5.45. The van der Waals surface area contributed by atoms with Gasteiger partial charge in [-0.2, -0.15) is 4.98 Å². The number of imidazole rings is 1. The molecule has 4 atom stereocenters. The predicted molar refractivity (Wildman–Crippen MR) is 153 cm³/mol. The number of thioether (sulfide) groups is 1. The van der Waals surface area contributed by atoms with Gasteiger partial charge in [0.2, 0.25) is 6.79 Å². The van der Waals surface area contributed by atoms with E-state index in [1.807, 2.05) is 0 Å². The number of halogens is 1. The van der Waals surface area contributed by atoms with Gasteiger partial charge in [-0.25, -0.2) is 28.9 Å². The van der Waals surface area contributed by atoms with E-state index in [4.69, 9.17) is 18.7 Å². The van der Waals surface area contributed by atoms with Crippen LogP contribution in [0.5, 0.6) is 0 Å². The molecule has 4 N–H and O–H groups in total.